The molecule has 0 N–H and O–H groups in total. The molecule has 6 nitrogen and oxygen atoms in total. The molecule has 2 aromatic rings. The predicted octanol–water partition coefficient (Wildman–Crippen LogP) is 5.29. The molecule has 0 amide bonds. The van der Waals surface area contributed by atoms with Crippen molar-refractivity contribution >= 4 is 15.0 Å². The first-order chi connectivity index (χ1) is 18.0. The van der Waals surface area contributed by atoms with E-state index in [2.05, 4.69) is 64.0 Å². The molecule has 1 radical (unpaired) electrons. The molecule has 1 spiro atoms. The van der Waals surface area contributed by atoms with Crippen LogP contribution in [-0.2, 0) is 22.0 Å². The minimum absolute atomic E-state index is 0.0545. The summed E-state index contributed by atoms with van der Waals surface area (Å²) in [6.45, 7) is 11.6. The SMILES string of the molecule is COc1ccc2c3c1O[C@H]1[C@@H](OC(=O)c4ccc(C(C)(C)C)cc4O[Si](C)C)C=C[C@H]4[C@@H](C2)N(C)CC[C@@]341. The molecule has 5 atom stereocenters. The molecule has 2 bridgehead atoms. The van der Waals surface area contributed by atoms with Crippen LogP contribution in [0.25, 0.3) is 0 Å². The lowest BCUT2D eigenvalue weighted by Crippen LogP contribution is -2.65. The van der Waals surface area contributed by atoms with Gasteiger partial charge in [-0.1, -0.05) is 39.0 Å². The van der Waals surface area contributed by atoms with Crippen LogP contribution in [0.2, 0.25) is 13.1 Å². The number of piperidine rings is 1. The van der Waals surface area contributed by atoms with Crippen LogP contribution in [0.1, 0.15) is 54.2 Å². The van der Waals surface area contributed by atoms with Gasteiger partial charge in [-0.3, -0.25) is 0 Å². The average molecular weight is 533 g/mol. The van der Waals surface area contributed by atoms with Crippen LogP contribution >= 0.6 is 0 Å². The number of hydrogen-bond acceptors (Lipinski definition) is 6. The maximum Gasteiger partial charge on any atom is 0.342 e. The van der Waals surface area contributed by atoms with Crippen molar-refractivity contribution in [1.82, 2.24) is 4.90 Å². The molecule has 1 saturated heterocycles. The molecule has 0 saturated carbocycles. The van der Waals surface area contributed by atoms with Gasteiger partial charge >= 0.3 is 5.97 Å². The molecule has 6 rings (SSSR count). The van der Waals surface area contributed by atoms with Gasteiger partial charge in [-0.15, -0.1) is 0 Å². The molecule has 4 aliphatic rings. The Morgan fingerprint density at radius 2 is 1.92 bits per heavy atom. The summed E-state index contributed by atoms with van der Waals surface area (Å²) in [4.78, 5) is 16.2. The summed E-state index contributed by atoms with van der Waals surface area (Å²) in [7, 11) is 2.83. The normalized spacial score (nSPS) is 29.1. The summed E-state index contributed by atoms with van der Waals surface area (Å²) in [5.74, 6) is 2.12. The molecule has 2 aliphatic heterocycles. The van der Waals surface area contributed by atoms with E-state index in [4.69, 9.17) is 18.6 Å². The van der Waals surface area contributed by atoms with E-state index in [9.17, 15) is 4.79 Å². The van der Waals surface area contributed by atoms with Crippen molar-refractivity contribution in [2.45, 2.75) is 75.8 Å². The van der Waals surface area contributed by atoms with Gasteiger partial charge in [0.2, 0.25) is 0 Å². The monoisotopic (exact) mass is 532 g/mol. The first kappa shape index (κ1) is 25.5. The van der Waals surface area contributed by atoms with Crippen LogP contribution in [-0.4, -0.2) is 58.9 Å². The third kappa shape index (κ3) is 3.73. The topological polar surface area (TPSA) is 57.2 Å². The Morgan fingerprint density at radius 1 is 1.13 bits per heavy atom. The molecule has 0 unspecified atom stereocenters. The van der Waals surface area contributed by atoms with Crippen LogP contribution < -0.4 is 13.9 Å². The summed E-state index contributed by atoms with van der Waals surface area (Å²) in [5, 5.41) is 0. The van der Waals surface area contributed by atoms with E-state index in [0.29, 0.717) is 23.3 Å². The second-order valence-corrected chi connectivity index (χ2v) is 14.5. The quantitative estimate of drug-likeness (QED) is 0.296. The fourth-order valence-corrected chi connectivity index (χ4v) is 7.73. The molecule has 2 heterocycles. The molecule has 2 aromatic carbocycles. The summed E-state index contributed by atoms with van der Waals surface area (Å²) < 4.78 is 25.0. The summed E-state index contributed by atoms with van der Waals surface area (Å²) in [6.07, 6.45) is 5.48. The van der Waals surface area contributed by atoms with Gasteiger partial charge in [0.05, 0.1) is 7.11 Å². The van der Waals surface area contributed by atoms with Crippen LogP contribution in [0.4, 0.5) is 0 Å². The minimum atomic E-state index is -1.08. The molecule has 1 fully saturated rings. The smallest absolute Gasteiger partial charge is 0.342 e. The second-order valence-electron chi connectivity index (χ2n) is 12.5. The van der Waals surface area contributed by atoms with Gasteiger partial charge in [0.25, 0.3) is 9.04 Å². The lowest BCUT2D eigenvalue weighted by Gasteiger charge is -2.56. The van der Waals surface area contributed by atoms with Gasteiger partial charge in [-0.25, -0.2) is 4.79 Å². The highest BCUT2D eigenvalue weighted by atomic mass is 28.3. The third-order valence-electron chi connectivity index (χ3n) is 8.96. The maximum absolute atomic E-state index is 13.7. The van der Waals surface area contributed by atoms with Crippen molar-refractivity contribution in [3.05, 3.63) is 64.7 Å². The number of hydrogen-bond donors (Lipinski definition) is 0. The summed E-state index contributed by atoms with van der Waals surface area (Å²) in [5.41, 5.74) is 3.90. The van der Waals surface area contributed by atoms with Crippen LogP contribution in [0.3, 0.4) is 0 Å². The summed E-state index contributed by atoms with van der Waals surface area (Å²) in [6, 6.07) is 10.5. The largest absolute Gasteiger partial charge is 0.542 e. The molecule has 2 aliphatic carbocycles. The van der Waals surface area contributed by atoms with Crippen molar-refractivity contribution in [3.8, 4) is 17.2 Å². The first-order valence-electron chi connectivity index (χ1n) is 13.6. The number of esters is 1. The highest BCUT2D eigenvalue weighted by Crippen LogP contribution is 2.62. The number of rotatable bonds is 5. The number of carbonyl (C=O) groups excluding carboxylic acids is 1. The zero-order chi connectivity index (χ0) is 27.0. The first-order valence-corrected chi connectivity index (χ1v) is 16.0. The fourth-order valence-electron chi connectivity index (χ4n) is 7.12. The molecule has 7 heteroatoms. The van der Waals surface area contributed by atoms with Gasteiger partial charge in [0, 0.05) is 22.9 Å². The van der Waals surface area contributed by atoms with Gasteiger partial charge in [-0.05, 0) is 80.3 Å². The highest BCUT2D eigenvalue weighted by Gasteiger charge is 2.65. The highest BCUT2D eigenvalue weighted by molar-refractivity contribution is 6.49. The Bertz CT molecular complexity index is 1310. The molecular formula is C31H38NO5Si. The van der Waals surface area contributed by atoms with Crippen LogP contribution in [0.15, 0.2) is 42.5 Å². The van der Waals surface area contributed by atoms with Gasteiger partial charge < -0.3 is 23.5 Å². The van der Waals surface area contributed by atoms with E-state index in [1.165, 1.54) is 11.1 Å². The Hall–Kier alpha value is -2.77. The lowest BCUT2D eigenvalue weighted by atomic mass is 9.53. The number of carbonyl (C=O) groups is 1. The van der Waals surface area contributed by atoms with Crippen molar-refractivity contribution in [2.75, 3.05) is 20.7 Å². The number of benzene rings is 2. The van der Waals surface area contributed by atoms with E-state index in [1.807, 2.05) is 24.3 Å². The molecule has 201 valence electrons. The number of methoxy groups -OCH3 is 1. The van der Waals surface area contributed by atoms with Crippen molar-refractivity contribution in [2.24, 2.45) is 5.92 Å². The van der Waals surface area contributed by atoms with Crippen LogP contribution in [0, 0.1) is 5.92 Å². The van der Waals surface area contributed by atoms with Crippen molar-refractivity contribution < 1.29 is 23.4 Å². The van der Waals surface area contributed by atoms with Crippen molar-refractivity contribution in [1.29, 1.82) is 0 Å². The van der Waals surface area contributed by atoms with Crippen molar-refractivity contribution in [3.63, 3.8) is 0 Å². The van der Waals surface area contributed by atoms with E-state index >= 15 is 0 Å². The van der Waals surface area contributed by atoms with Gasteiger partial charge in [-0.2, -0.15) is 0 Å². The Morgan fingerprint density at radius 3 is 2.63 bits per heavy atom. The molecule has 0 aromatic heterocycles. The summed E-state index contributed by atoms with van der Waals surface area (Å²) >= 11 is 0. The van der Waals surface area contributed by atoms with Gasteiger partial charge in [0.15, 0.2) is 17.6 Å². The molecular weight excluding hydrogens is 494 g/mol. The third-order valence-corrected chi connectivity index (χ3v) is 9.59. The minimum Gasteiger partial charge on any atom is -0.542 e. The predicted molar refractivity (Wildman–Crippen MR) is 149 cm³/mol. The Labute approximate surface area is 227 Å². The van der Waals surface area contributed by atoms with E-state index in [1.54, 1.807) is 7.11 Å². The van der Waals surface area contributed by atoms with Gasteiger partial charge in [0.1, 0.15) is 17.4 Å². The zero-order valence-corrected chi connectivity index (χ0v) is 24.5. The zero-order valence-electron chi connectivity index (χ0n) is 23.5. The molecule has 38 heavy (non-hydrogen) atoms. The number of likely N-dealkylation sites (N-methyl/N-ethyl adjacent to an activating group) is 1. The average Bonchev–Trinajstić information content (AvgIpc) is 3.21. The van der Waals surface area contributed by atoms with E-state index in [-0.39, 0.29) is 22.9 Å². The number of ether oxygens (including phenoxy) is 3. The Balaban J connectivity index is 1.38. The van der Waals surface area contributed by atoms with E-state index < -0.39 is 15.1 Å². The van der Waals surface area contributed by atoms with Crippen LogP contribution in [0.5, 0.6) is 17.2 Å². The second kappa shape index (κ2) is 8.88. The fraction of sp³-hybridized carbons (Fsp3) is 0.516. The number of nitrogens with zero attached hydrogens (tertiary/aromatic N) is 1. The maximum atomic E-state index is 13.7. The Kier molecular flexibility index (Phi) is 5.96. The number of likely N-dealkylation sites (tertiary alicyclic amines) is 1. The van der Waals surface area contributed by atoms with E-state index in [0.717, 1.165) is 36.4 Å². The standard InChI is InChI=1S/C31H38NO5Si/c1-30(2,3)19-9-10-20(25(17-19)37-38(6)7)29(33)35-24-13-11-21-22-16-18-8-12-23(34-5)27-26(18)31(21,28(24)36-27)14-15-32(22)4/h8-13,17,21-22,24,28H,14-16H2,1-7H3/t21-,22+,24-,28-,31-/m0/s1. The lowest BCUT2D eigenvalue weighted by molar-refractivity contribution is -0.0556.